The van der Waals surface area contributed by atoms with E-state index in [1.807, 2.05) is 0 Å². The highest BCUT2D eigenvalue weighted by Crippen LogP contribution is 2.52. The predicted molar refractivity (Wildman–Crippen MR) is 77.2 cm³/mol. The van der Waals surface area contributed by atoms with Crippen LogP contribution in [-0.2, 0) is 4.74 Å². The maximum Gasteiger partial charge on any atom is 0.457 e. The normalized spacial score (nSPS) is 21.8. The van der Waals surface area contributed by atoms with Crippen LogP contribution in [-0.4, -0.2) is 48.2 Å². The standard InChI is InChI=1S/C15H13F5N2O3/c16-14(17,15(18,19)20)12-8-9-7-10(22(23)24)1-2-11(9)13(12)21-3-5-25-6-4-21/h1-2,7-8,13H,3-6H2. The highest BCUT2D eigenvalue weighted by atomic mass is 19.4. The number of benzene rings is 1. The molecule has 0 saturated carbocycles. The molecule has 10 heteroatoms. The first-order chi connectivity index (χ1) is 11.6. The van der Waals surface area contributed by atoms with Crippen LogP contribution < -0.4 is 0 Å². The first-order valence-electron chi connectivity index (χ1n) is 7.39. The topological polar surface area (TPSA) is 55.6 Å². The zero-order valence-electron chi connectivity index (χ0n) is 12.7. The number of nitro groups is 1. The van der Waals surface area contributed by atoms with Crippen LogP contribution in [0.3, 0.4) is 0 Å². The monoisotopic (exact) mass is 364 g/mol. The molecular weight excluding hydrogens is 351 g/mol. The molecule has 1 atom stereocenters. The van der Waals surface area contributed by atoms with Gasteiger partial charge in [0.05, 0.1) is 24.2 Å². The van der Waals surface area contributed by atoms with Crippen LogP contribution in [0.5, 0.6) is 0 Å². The predicted octanol–water partition coefficient (Wildman–Crippen LogP) is 3.56. The number of non-ortho nitro benzene ring substituents is 1. The summed E-state index contributed by atoms with van der Waals surface area (Å²) in [6.45, 7) is 0.798. The van der Waals surface area contributed by atoms with Gasteiger partial charge in [-0.05, 0) is 23.3 Å². The van der Waals surface area contributed by atoms with Crippen molar-refractivity contribution in [3.05, 3.63) is 45.0 Å². The second-order valence-corrected chi connectivity index (χ2v) is 5.79. The molecule has 1 aliphatic heterocycles. The van der Waals surface area contributed by atoms with Crippen LogP contribution in [0.15, 0.2) is 23.8 Å². The Kier molecular flexibility index (Phi) is 4.28. The zero-order valence-corrected chi connectivity index (χ0v) is 12.7. The fraction of sp³-hybridized carbons (Fsp3) is 0.467. The summed E-state index contributed by atoms with van der Waals surface area (Å²) in [6.07, 6.45) is -5.03. The van der Waals surface area contributed by atoms with Crippen LogP contribution >= 0.6 is 0 Å². The maximum atomic E-state index is 14.1. The Hall–Kier alpha value is -2.07. The van der Waals surface area contributed by atoms with Gasteiger partial charge in [0.1, 0.15) is 0 Å². The van der Waals surface area contributed by atoms with Gasteiger partial charge in [0.15, 0.2) is 0 Å². The Morgan fingerprint density at radius 2 is 1.80 bits per heavy atom. The number of fused-ring (bicyclic) bond motifs is 1. The Morgan fingerprint density at radius 3 is 2.36 bits per heavy atom. The third-order valence-corrected chi connectivity index (χ3v) is 4.31. The lowest BCUT2D eigenvalue weighted by Gasteiger charge is -2.36. The molecule has 5 nitrogen and oxygen atoms in total. The summed E-state index contributed by atoms with van der Waals surface area (Å²) in [7, 11) is 0. The van der Waals surface area contributed by atoms with Crippen LogP contribution in [0.2, 0.25) is 0 Å². The van der Waals surface area contributed by atoms with E-state index in [2.05, 4.69) is 0 Å². The van der Waals surface area contributed by atoms with E-state index in [-0.39, 0.29) is 43.1 Å². The summed E-state index contributed by atoms with van der Waals surface area (Å²) < 4.78 is 72.0. The van der Waals surface area contributed by atoms with Crippen molar-refractivity contribution < 1.29 is 31.6 Å². The highest BCUT2D eigenvalue weighted by Gasteiger charge is 2.63. The van der Waals surface area contributed by atoms with Gasteiger partial charge in [-0.3, -0.25) is 15.0 Å². The highest BCUT2D eigenvalue weighted by molar-refractivity contribution is 5.70. The van der Waals surface area contributed by atoms with Crippen molar-refractivity contribution in [1.29, 1.82) is 0 Å². The summed E-state index contributed by atoms with van der Waals surface area (Å²) in [5.74, 6) is -5.04. The van der Waals surface area contributed by atoms with Crippen molar-refractivity contribution in [1.82, 2.24) is 4.90 Å². The van der Waals surface area contributed by atoms with Crippen LogP contribution in [0.1, 0.15) is 17.2 Å². The lowest BCUT2D eigenvalue weighted by molar-refractivity contribution is -0.384. The number of rotatable bonds is 3. The largest absolute Gasteiger partial charge is 0.457 e. The van der Waals surface area contributed by atoms with Gasteiger partial charge in [0.2, 0.25) is 0 Å². The van der Waals surface area contributed by atoms with E-state index >= 15 is 0 Å². The molecule has 0 aromatic heterocycles. The lowest BCUT2D eigenvalue weighted by atomic mass is 9.97. The SMILES string of the molecule is O=[N+]([O-])c1ccc2c(c1)C=C(C(F)(F)C(F)(F)F)C2N1CCOCC1. The fourth-order valence-electron chi connectivity index (χ4n) is 3.12. The van der Waals surface area contributed by atoms with Crippen molar-refractivity contribution in [2.24, 2.45) is 0 Å². The van der Waals surface area contributed by atoms with E-state index in [0.29, 0.717) is 0 Å². The molecule has 1 saturated heterocycles. The van der Waals surface area contributed by atoms with Crippen molar-refractivity contribution in [2.75, 3.05) is 26.3 Å². The van der Waals surface area contributed by atoms with Gasteiger partial charge in [0.25, 0.3) is 5.69 Å². The second kappa shape index (κ2) is 6.03. The molecule has 0 N–H and O–H groups in total. The summed E-state index contributed by atoms with van der Waals surface area (Å²) in [5, 5.41) is 10.9. The number of morpholine rings is 1. The Labute approximate surface area is 138 Å². The fourth-order valence-corrected chi connectivity index (χ4v) is 3.12. The summed E-state index contributed by atoms with van der Waals surface area (Å²) >= 11 is 0. The molecule has 0 radical (unpaired) electrons. The average Bonchev–Trinajstić information content (AvgIpc) is 2.93. The zero-order chi connectivity index (χ0) is 18.4. The van der Waals surface area contributed by atoms with Gasteiger partial charge in [-0.25, -0.2) is 0 Å². The number of nitro benzene ring substituents is 1. The molecule has 1 fully saturated rings. The van der Waals surface area contributed by atoms with Crippen molar-refractivity contribution in [2.45, 2.75) is 18.1 Å². The number of ether oxygens (including phenoxy) is 1. The number of alkyl halides is 5. The van der Waals surface area contributed by atoms with Crippen molar-refractivity contribution in [3.8, 4) is 0 Å². The van der Waals surface area contributed by atoms with E-state index in [1.54, 1.807) is 0 Å². The first-order valence-corrected chi connectivity index (χ1v) is 7.39. The Morgan fingerprint density at radius 1 is 1.16 bits per heavy atom. The summed E-state index contributed by atoms with van der Waals surface area (Å²) in [5.41, 5.74) is -1.28. The Balaban J connectivity index is 2.10. The summed E-state index contributed by atoms with van der Waals surface area (Å²) in [4.78, 5) is 11.6. The van der Waals surface area contributed by atoms with Gasteiger partial charge in [-0.2, -0.15) is 22.0 Å². The number of halogens is 5. The Bertz CT molecular complexity index is 726. The molecule has 1 aromatic carbocycles. The number of hydrogen-bond donors (Lipinski definition) is 0. The van der Waals surface area contributed by atoms with Gasteiger partial charge >= 0.3 is 12.1 Å². The van der Waals surface area contributed by atoms with Crippen LogP contribution in [0, 0.1) is 10.1 Å². The third-order valence-electron chi connectivity index (χ3n) is 4.31. The first kappa shape index (κ1) is 17.7. The number of nitrogens with zero attached hydrogens (tertiary/aromatic N) is 2. The van der Waals surface area contributed by atoms with E-state index in [0.717, 1.165) is 18.2 Å². The van der Waals surface area contributed by atoms with Gasteiger partial charge in [-0.1, -0.05) is 0 Å². The molecule has 1 aliphatic carbocycles. The molecule has 1 aromatic rings. The molecule has 0 amide bonds. The van der Waals surface area contributed by atoms with Crippen molar-refractivity contribution >= 4 is 11.8 Å². The minimum atomic E-state index is -5.75. The minimum Gasteiger partial charge on any atom is -0.379 e. The van der Waals surface area contributed by atoms with Gasteiger partial charge in [0, 0.05) is 30.8 Å². The molecule has 25 heavy (non-hydrogen) atoms. The van der Waals surface area contributed by atoms with Crippen molar-refractivity contribution in [3.63, 3.8) is 0 Å². The molecular formula is C15H13F5N2O3. The van der Waals surface area contributed by atoms with Crippen LogP contribution in [0.25, 0.3) is 6.08 Å². The number of hydrogen-bond acceptors (Lipinski definition) is 4. The van der Waals surface area contributed by atoms with E-state index in [4.69, 9.17) is 4.74 Å². The summed E-state index contributed by atoms with van der Waals surface area (Å²) in [6, 6.07) is 2.07. The lowest BCUT2D eigenvalue weighted by Crippen LogP contribution is -2.45. The third kappa shape index (κ3) is 2.99. The molecule has 0 spiro atoms. The van der Waals surface area contributed by atoms with Crippen LogP contribution in [0.4, 0.5) is 27.6 Å². The van der Waals surface area contributed by atoms with Gasteiger partial charge < -0.3 is 4.74 Å². The molecule has 3 rings (SSSR count). The molecule has 136 valence electrons. The quantitative estimate of drug-likeness (QED) is 0.468. The molecule has 1 heterocycles. The average molecular weight is 364 g/mol. The maximum absolute atomic E-state index is 14.1. The molecule has 2 aliphatic rings. The van der Waals surface area contributed by atoms with Gasteiger partial charge in [-0.15, -0.1) is 0 Å². The van der Waals surface area contributed by atoms with E-state index in [1.165, 1.54) is 11.0 Å². The van der Waals surface area contributed by atoms with E-state index in [9.17, 15) is 32.1 Å². The second-order valence-electron chi connectivity index (χ2n) is 5.79. The molecule has 1 unspecified atom stereocenters. The van der Waals surface area contributed by atoms with E-state index < -0.39 is 28.6 Å². The smallest absolute Gasteiger partial charge is 0.379 e. The molecule has 0 bridgehead atoms. The minimum absolute atomic E-state index is 0.00427.